The van der Waals surface area contributed by atoms with Gasteiger partial charge in [0.2, 0.25) is 5.91 Å². The number of nitrogens with two attached hydrogens (primary N) is 1. The Morgan fingerprint density at radius 3 is 2.50 bits per heavy atom. The normalized spacial score (nSPS) is 12.4. The molecule has 0 aliphatic rings. The number of ether oxygens (including phenoxy) is 1. The Kier molecular flexibility index (Phi) is 10.4. The number of amides is 1. The van der Waals surface area contributed by atoms with Gasteiger partial charge in [-0.3, -0.25) is 4.79 Å². The third-order valence-electron chi connectivity index (χ3n) is 2.93. The lowest BCUT2D eigenvalue weighted by atomic mass is 10.2. The second-order valence-electron chi connectivity index (χ2n) is 5.39. The molecule has 0 aliphatic carbocycles. The van der Waals surface area contributed by atoms with Crippen LogP contribution in [0.15, 0.2) is 33.6 Å². The van der Waals surface area contributed by atoms with E-state index in [9.17, 15) is 4.79 Å². The van der Waals surface area contributed by atoms with Crippen molar-refractivity contribution < 1.29 is 9.53 Å². The van der Waals surface area contributed by atoms with E-state index in [1.807, 2.05) is 12.1 Å². The lowest BCUT2D eigenvalue weighted by molar-refractivity contribution is -0.123. The smallest absolute Gasteiger partial charge is 0.222 e. The summed E-state index contributed by atoms with van der Waals surface area (Å²) in [4.78, 5) is 13.0. The van der Waals surface area contributed by atoms with Crippen LogP contribution in [0.3, 0.4) is 0 Å². The van der Waals surface area contributed by atoms with E-state index < -0.39 is 0 Å². The van der Waals surface area contributed by atoms with Gasteiger partial charge in [0, 0.05) is 34.3 Å². The first-order valence-electron chi connectivity index (χ1n) is 6.80. The molecule has 0 radical (unpaired) electrons. The monoisotopic (exact) mass is 410 g/mol. The molecule has 1 unspecified atom stereocenters. The van der Waals surface area contributed by atoms with Crippen molar-refractivity contribution in [3.8, 4) is 0 Å². The van der Waals surface area contributed by atoms with Crippen LogP contribution in [0.2, 0.25) is 0 Å². The first-order valence-corrected chi connectivity index (χ1v) is 8.41. The minimum Gasteiger partial charge on any atom is -0.380 e. The van der Waals surface area contributed by atoms with Gasteiger partial charge >= 0.3 is 0 Å². The van der Waals surface area contributed by atoms with Crippen molar-refractivity contribution in [2.45, 2.75) is 36.0 Å². The Bertz CT molecular complexity index is 453. The van der Waals surface area contributed by atoms with Gasteiger partial charge in [-0.15, -0.1) is 24.2 Å². The Morgan fingerprint density at radius 1 is 1.41 bits per heavy atom. The summed E-state index contributed by atoms with van der Waals surface area (Å²) in [6, 6.07) is 8.16. The molecule has 0 bridgehead atoms. The van der Waals surface area contributed by atoms with E-state index in [0.717, 1.165) is 4.47 Å². The third kappa shape index (κ3) is 8.39. The van der Waals surface area contributed by atoms with Crippen LogP contribution in [0.5, 0.6) is 0 Å². The minimum atomic E-state index is -0.216. The van der Waals surface area contributed by atoms with Gasteiger partial charge in [0.15, 0.2) is 0 Å². The molecule has 1 aromatic rings. The number of halogens is 2. The van der Waals surface area contributed by atoms with Crippen LogP contribution < -0.4 is 11.1 Å². The first kappa shape index (κ1) is 21.7. The molecule has 0 aliphatic heterocycles. The van der Waals surface area contributed by atoms with Crippen molar-refractivity contribution in [1.29, 1.82) is 0 Å². The topological polar surface area (TPSA) is 64.3 Å². The van der Waals surface area contributed by atoms with Crippen molar-refractivity contribution in [2.75, 3.05) is 20.2 Å². The number of benzene rings is 1. The predicted molar refractivity (Wildman–Crippen MR) is 98.8 cm³/mol. The zero-order chi connectivity index (χ0) is 15.9. The van der Waals surface area contributed by atoms with E-state index in [1.54, 1.807) is 18.9 Å². The van der Waals surface area contributed by atoms with E-state index in [1.165, 1.54) is 4.90 Å². The van der Waals surface area contributed by atoms with Crippen LogP contribution in [-0.2, 0) is 9.53 Å². The van der Waals surface area contributed by atoms with Gasteiger partial charge in [-0.05, 0) is 38.1 Å². The van der Waals surface area contributed by atoms with Crippen molar-refractivity contribution in [2.24, 2.45) is 5.73 Å². The zero-order valence-corrected chi connectivity index (χ0v) is 16.3. The number of hydrogen-bond donors (Lipinski definition) is 2. The van der Waals surface area contributed by atoms with Crippen molar-refractivity contribution >= 4 is 46.0 Å². The lowest BCUT2D eigenvalue weighted by Crippen LogP contribution is -2.38. The Labute approximate surface area is 151 Å². The Balaban J connectivity index is 0.00000441. The quantitative estimate of drug-likeness (QED) is 0.645. The molecule has 1 amide bonds. The number of nitrogens with one attached hydrogen (secondary N) is 1. The maximum atomic E-state index is 11.9. The maximum Gasteiger partial charge on any atom is 0.222 e. The molecule has 0 fully saturated rings. The van der Waals surface area contributed by atoms with Crippen LogP contribution in [0.1, 0.15) is 20.3 Å². The fourth-order valence-electron chi connectivity index (χ4n) is 1.71. The fourth-order valence-corrected chi connectivity index (χ4v) is 3.03. The maximum absolute atomic E-state index is 11.9. The summed E-state index contributed by atoms with van der Waals surface area (Å²) in [6.07, 6.45) is 0.0821. The zero-order valence-electron chi connectivity index (χ0n) is 13.1. The van der Waals surface area contributed by atoms with Gasteiger partial charge in [0.05, 0.1) is 12.5 Å². The van der Waals surface area contributed by atoms with Crippen LogP contribution >= 0.6 is 40.1 Å². The fraction of sp³-hybridized carbons (Fsp3) is 0.533. The molecule has 1 atom stereocenters. The number of thioether (sulfide) groups is 1. The standard InChI is InChI=1S/C15H23BrN2O2S.ClH/c1-15(2,21-13-6-4-11(16)5-7-13)10-18-14(19)8-12(9-17)20-3;/h4-7,12H,8-10,17H2,1-3H3,(H,18,19);1H. The number of carbonyl (C=O) groups is 1. The lowest BCUT2D eigenvalue weighted by Gasteiger charge is -2.25. The summed E-state index contributed by atoms with van der Waals surface area (Å²) in [5.74, 6) is -0.0308. The largest absolute Gasteiger partial charge is 0.380 e. The summed E-state index contributed by atoms with van der Waals surface area (Å²) in [6.45, 7) is 5.15. The van der Waals surface area contributed by atoms with Crippen molar-refractivity contribution in [3.05, 3.63) is 28.7 Å². The van der Waals surface area contributed by atoms with Gasteiger partial charge < -0.3 is 15.8 Å². The van der Waals surface area contributed by atoms with Crippen molar-refractivity contribution in [1.82, 2.24) is 5.32 Å². The minimum absolute atomic E-state index is 0. The summed E-state index contributed by atoms with van der Waals surface area (Å²) in [7, 11) is 1.57. The van der Waals surface area contributed by atoms with E-state index in [-0.39, 0.29) is 29.2 Å². The van der Waals surface area contributed by atoms with Gasteiger partial charge in [-0.2, -0.15) is 0 Å². The number of carbonyl (C=O) groups excluding carboxylic acids is 1. The van der Waals surface area contributed by atoms with Gasteiger partial charge in [0.1, 0.15) is 0 Å². The number of methoxy groups -OCH3 is 1. The number of rotatable bonds is 8. The second-order valence-corrected chi connectivity index (χ2v) is 8.09. The summed E-state index contributed by atoms with van der Waals surface area (Å²) < 4.78 is 6.09. The highest BCUT2D eigenvalue weighted by molar-refractivity contribution is 9.10. The average molecular weight is 412 g/mol. The van der Waals surface area contributed by atoms with E-state index in [0.29, 0.717) is 19.5 Å². The molecular formula is C15H24BrClN2O2S. The molecule has 0 saturated carbocycles. The first-order chi connectivity index (χ1) is 9.86. The van der Waals surface area contributed by atoms with Gasteiger partial charge in [0.25, 0.3) is 0 Å². The molecule has 1 rings (SSSR count). The molecule has 1 aromatic carbocycles. The van der Waals surface area contributed by atoms with Crippen LogP contribution in [0.4, 0.5) is 0 Å². The molecule has 7 heteroatoms. The molecule has 0 spiro atoms. The highest BCUT2D eigenvalue weighted by Gasteiger charge is 2.21. The highest BCUT2D eigenvalue weighted by Crippen LogP contribution is 2.32. The average Bonchev–Trinajstić information content (AvgIpc) is 2.45. The second kappa shape index (κ2) is 10.5. The van der Waals surface area contributed by atoms with Crippen LogP contribution in [0, 0.1) is 0 Å². The SMILES string of the molecule is COC(CN)CC(=O)NCC(C)(C)Sc1ccc(Br)cc1.Cl. The van der Waals surface area contributed by atoms with Gasteiger partial charge in [-0.1, -0.05) is 15.9 Å². The molecule has 22 heavy (non-hydrogen) atoms. The molecular weight excluding hydrogens is 388 g/mol. The molecule has 126 valence electrons. The number of hydrogen-bond acceptors (Lipinski definition) is 4. The van der Waals surface area contributed by atoms with Crippen molar-refractivity contribution in [3.63, 3.8) is 0 Å². The summed E-state index contributed by atoms with van der Waals surface area (Å²) in [5, 5.41) is 2.95. The highest BCUT2D eigenvalue weighted by atomic mass is 79.9. The Morgan fingerprint density at radius 2 is 2.00 bits per heavy atom. The van der Waals surface area contributed by atoms with E-state index >= 15 is 0 Å². The molecule has 0 heterocycles. The molecule has 0 saturated heterocycles. The molecule has 3 N–H and O–H groups in total. The van der Waals surface area contributed by atoms with Gasteiger partial charge in [-0.25, -0.2) is 0 Å². The summed E-state index contributed by atoms with van der Waals surface area (Å²) in [5.41, 5.74) is 5.51. The van der Waals surface area contributed by atoms with E-state index in [2.05, 4.69) is 47.2 Å². The van der Waals surface area contributed by atoms with Crippen LogP contribution in [0.25, 0.3) is 0 Å². The van der Waals surface area contributed by atoms with Crippen LogP contribution in [-0.4, -0.2) is 37.0 Å². The molecule has 4 nitrogen and oxygen atoms in total. The predicted octanol–water partition coefficient (Wildman–Crippen LogP) is 3.22. The van der Waals surface area contributed by atoms with E-state index in [4.69, 9.17) is 10.5 Å². The summed E-state index contributed by atoms with van der Waals surface area (Å²) >= 11 is 5.16. The third-order valence-corrected chi connectivity index (χ3v) is 4.66. The Hall–Kier alpha value is -0.270. The molecule has 0 aromatic heterocycles.